The van der Waals surface area contributed by atoms with E-state index in [1.807, 2.05) is 17.9 Å². The fourth-order valence-corrected chi connectivity index (χ4v) is 3.65. The number of nitrogens with zero attached hydrogens (tertiary/aromatic N) is 2. The van der Waals surface area contributed by atoms with Crippen LogP contribution < -0.4 is 0 Å². The summed E-state index contributed by atoms with van der Waals surface area (Å²) in [7, 11) is 0. The highest BCUT2D eigenvalue weighted by molar-refractivity contribution is 5.94. The molecular formula is C19H25F3N2O5. The van der Waals surface area contributed by atoms with Gasteiger partial charge in [0.05, 0.1) is 18.3 Å². The van der Waals surface area contributed by atoms with E-state index in [4.69, 9.17) is 19.4 Å². The summed E-state index contributed by atoms with van der Waals surface area (Å²) in [5, 5.41) is 7.12. The van der Waals surface area contributed by atoms with Gasteiger partial charge < -0.3 is 19.5 Å². The van der Waals surface area contributed by atoms with Crippen molar-refractivity contribution in [3.8, 4) is 0 Å². The first-order valence-corrected chi connectivity index (χ1v) is 9.38. The number of piperidine rings is 1. The molecule has 1 N–H and O–H groups in total. The van der Waals surface area contributed by atoms with Crippen LogP contribution in [-0.2, 0) is 14.3 Å². The molecule has 2 aliphatic heterocycles. The molecule has 7 nitrogen and oxygen atoms in total. The smallest absolute Gasteiger partial charge is 0.475 e. The van der Waals surface area contributed by atoms with E-state index >= 15 is 0 Å². The van der Waals surface area contributed by atoms with Crippen molar-refractivity contribution in [1.29, 1.82) is 0 Å². The Labute approximate surface area is 166 Å². The van der Waals surface area contributed by atoms with Crippen LogP contribution in [0, 0.1) is 5.41 Å². The minimum Gasteiger partial charge on any atom is -0.475 e. The number of halogens is 3. The van der Waals surface area contributed by atoms with Crippen molar-refractivity contribution >= 4 is 11.9 Å². The number of amides is 1. The number of aromatic nitrogens is 1. The van der Waals surface area contributed by atoms with E-state index in [0.29, 0.717) is 25.3 Å². The van der Waals surface area contributed by atoms with Gasteiger partial charge in [-0.3, -0.25) is 9.78 Å². The second-order valence-corrected chi connectivity index (χ2v) is 7.02. The van der Waals surface area contributed by atoms with Crippen LogP contribution in [0.25, 0.3) is 0 Å². The van der Waals surface area contributed by atoms with Crippen LogP contribution in [0.15, 0.2) is 24.5 Å². The fourth-order valence-electron chi connectivity index (χ4n) is 3.65. The number of aliphatic carboxylic acids is 1. The number of ether oxygens (including phenoxy) is 2. The number of carbonyl (C=O) groups is 2. The third-order valence-corrected chi connectivity index (χ3v) is 5.02. The first-order valence-electron chi connectivity index (χ1n) is 9.38. The van der Waals surface area contributed by atoms with Crippen LogP contribution in [0.2, 0.25) is 0 Å². The molecule has 162 valence electrons. The molecule has 0 bridgehead atoms. The van der Waals surface area contributed by atoms with Gasteiger partial charge in [-0.15, -0.1) is 0 Å². The van der Waals surface area contributed by atoms with Crippen LogP contribution in [0.4, 0.5) is 13.2 Å². The van der Waals surface area contributed by atoms with E-state index in [1.54, 1.807) is 18.5 Å². The maximum Gasteiger partial charge on any atom is 0.490 e. The predicted octanol–water partition coefficient (Wildman–Crippen LogP) is 2.76. The molecule has 2 saturated heterocycles. The van der Waals surface area contributed by atoms with Crippen LogP contribution in [0.3, 0.4) is 0 Å². The Hall–Kier alpha value is -2.20. The number of likely N-dealkylation sites (tertiary alicyclic amines) is 1. The predicted molar refractivity (Wildman–Crippen MR) is 96.3 cm³/mol. The average molecular weight is 418 g/mol. The van der Waals surface area contributed by atoms with Crippen LogP contribution in [-0.4, -0.2) is 72.1 Å². The number of fused-ring (bicyclic) bond motifs is 1. The quantitative estimate of drug-likeness (QED) is 0.809. The minimum atomic E-state index is -5.08. The van der Waals surface area contributed by atoms with Crippen molar-refractivity contribution in [3.63, 3.8) is 0 Å². The zero-order chi connectivity index (χ0) is 21.5. The normalized spacial score (nSPS) is 24.1. The number of hydrogen-bond donors (Lipinski definition) is 1. The summed E-state index contributed by atoms with van der Waals surface area (Å²) in [5.74, 6) is -2.69. The molecule has 1 amide bonds. The van der Waals surface area contributed by atoms with E-state index in [0.717, 1.165) is 32.4 Å². The second-order valence-electron chi connectivity index (χ2n) is 7.02. The Morgan fingerprint density at radius 2 is 2.17 bits per heavy atom. The van der Waals surface area contributed by atoms with Crippen LogP contribution >= 0.6 is 0 Å². The molecule has 0 saturated carbocycles. The number of carboxylic acid groups (broad SMARTS) is 1. The van der Waals surface area contributed by atoms with Crippen molar-refractivity contribution in [3.05, 3.63) is 30.1 Å². The first kappa shape index (κ1) is 23.1. The van der Waals surface area contributed by atoms with Crippen molar-refractivity contribution in [2.24, 2.45) is 5.41 Å². The lowest BCUT2D eigenvalue weighted by atomic mass is 9.73. The van der Waals surface area contributed by atoms with Gasteiger partial charge in [0.25, 0.3) is 5.91 Å². The number of hydrogen-bond acceptors (Lipinski definition) is 5. The Bertz CT molecular complexity index is 686. The zero-order valence-electron chi connectivity index (χ0n) is 16.2. The number of alkyl halides is 3. The van der Waals surface area contributed by atoms with Gasteiger partial charge in [-0.1, -0.05) is 0 Å². The molecule has 1 aromatic rings. The molecular weight excluding hydrogens is 393 g/mol. The highest BCUT2D eigenvalue weighted by Crippen LogP contribution is 2.40. The molecule has 0 aliphatic carbocycles. The van der Waals surface area contributed by atoms with Crippen LogP contribution in [0.5, 0.6) is 0 Å². The molecule has 3 rings (SSSR count). The Morgan fingerprint density at radius 3 is 2.76 bits per heavy atom. The molecule has 2 fully saturated rings. The van der Waals surface area contributed by atoms with E-state index in [2.05, 4.69) is 4.98 Å². The van der Waals surface area contributed by atoms with Gasteiger partial charge in [-0.05, 0) is 38.3 Å². The monoisotopic (exact) mass is 418 g/mol. The lowest BCUT2D eigenvalue weighted by Gasteiger charge is -2.50. The summed E-state index contributed by atoms with van der Waals surface area (Å²) >= 11 is 0. The fraction of sp³-hybridized carbons (Fsp3) is 0.632. The zero-order valence-corrected chi connectivity index (χ0v) is 16.2. The first-order chi connectivity index (χ1) is 13.7. The highest BCUT2D eigenvalue weighted by atomic mass is 19.4. The van der Waals surface area contributed by atoms with Gasteiger partial charge in [-0.2, -0.15) is 13.2 Å². The lowest BCUT2D eigenvalue weighted by molar-refractivity contribution is -0.192. The summed E-state index contributed by atoms with van der Waals surface area (Å²) in [6, 6.07) is 3.63. The molecule has 0 spiro atoms. The average Bonchev–Trinajstić information content (AvgIpc) is 2.71. The third-order valence-electron chi connectivity index (χ3n) is 5.02. The van der Waals surface area contributed by atoms with Crippen molar-refractivity contribution < 1.29 is 37.3 Å². The van der Waals surface area contributed by atoms with Gasteiger partial charge in [0.15, 0.2) is 0 Å². The van der Waals surface area contributed by atoms with E-state index < -0.39 is 12.1 Å². The van der Waals surface area contributed by atoms with Crippen molar-refractivity contribution in [2.45, 2.75) is 38.5 Å². The van der Waals surface area contributed by atoms with E-state index in [-0.39, 0.29) is 17.4 Å². The van der Waals surface area contributed by atoms with Gasteiger partial charge in [0.1, 0.15) is 0 Å². The third kappa shape index (κ3) is 6.14. The SMILES string of the molecule is CCOCC12CCCOC1CCN(C(=O)c1cccnc1)C2.O=C(O)C(F)(F)F. The summed E-state index contributed by atoms with van der Waals surface area (Å²) < 4.78 is 43.5. The summed E-state index contributed by atoms with van der Waals surface area (Å²) in [6.45, 7) is 5.67. The standard InChI is InChI=1S/C17H24N2O3.C2HF3O2/c1-2-21-13-17-7-4-10-22-15(17)6-9-19(12-17)16(20)14-5-3-8-18-11-14;3-2(4,5)1(6)7/h3,5,8,11,15H,2,4,6-7,9-10,12-13H2,1H3;(H,6,7). The number of rotatable bonds is 4. The van der Waals surface area contributed by atoms with Gasteiger partial charge in [0.2, 0.25) is 0 Å². The number of carboxylic acids is 1. The molecule has 29 heavy (non-hydrogen) atoms. The summed E-state index contributed by atoms with van der Waals surface area (Å²) in [5.41, 5.74) is 0.605. The summed E-state index contributed by atoms with van der Waals surface area (Å²) in [4.78, 5) is 27.6. The van der Waals surface area contributed by atoms with Gasteiger partial charge in [-0.25, -0.2) is 4.79 Å². The Morgan fingerprint density at radius 1 is 1.45 bits per heavy atom. The molecule has 2 unspecified atom stereocenters. The maximum atomic E-state index is 12.7. The van der Waals surface area contributed by atoms with E-state index in [1.165, 1.54) is 0 Å². The highest BCUT2D eigenvalue weighted by Gasteiger charge is 2.47. The molecule has 10 heteroatoms. The molecule has 1 aromatic heterocycles. The minimum absolute atomic E-state index is 0.0512. The van der Waals surface area contributed by atoms with Crippen LogP contribution in [0.1, 0.15) is 36.5 Å². The van der Waals surface area contributed by atoms with Crippen molar-refractivity contribution in [2.75, 3.05) is 32.9 Å². The molecule has 3 heterocycles. The molecule has 0 radical (unpaired) electrons. The lowest BCUT2D eigenvalue weighted by Crippen LogP contribution is -2.58. The van der Waals surface area contributed by atoms with Gasteiger partial charge in [0, 0.05) is 44.1 Å². The second kappa shape index (κ2) is 10.0. The maximum absolute atomic E-state index is 12.7. The van der Waals surface area contributed by atoms with E-state index in [9.17, 15) is 18.0 Å². The Kier molecular flexibility index (Phi) is 7.97. The topological polar surface area (TPSA) is 89.0 Å². The number of pyridine rings is 1. The molecule has 0 aromatic carbocycles. The Balaban J connectivity index is 0.000000370. The number of carbonyl (C=O) groups excluding carboxylic acids is 1. The molecule has 2 atom stereocenters. The molecule has 2 aliphatic rings. The van der Waals surface area contributed by atoms with Gasteiger partial charge >= 0.3 is 12.1 Å². The summed E-state index contributed by atoms with van der Waals surface area (Å²) in [6.07, 6.45) is 1.45. The largest absolute Gasteiger partial charge is 0.490 e. The van der Waals surface area contributed by atoms with Crippen molar-refractivity contribution in [1.82, 2.24) is 9.88 Å².